The zero-order chi connectivity index (χ0) is 22.1. The van der Waals surface area contributed by atoms with Crippen molar-refractivity contribution in [3.8, 4) is 6.07 Å². The van der Waals surface area contributed by atoms with Gasteiger partial charge in [-0.1, -0.05) is 18.2 Å². The summed E-state index contributed by atoms with van der Waals surface area (Å²) < 4.78 is 39.6. The monoisotopic (exact) mass is 413 g/mol. The van der Waals surface area contributed by atoms with Gasteiger partial charge >= 0.3 is 6.18 Å². The van der Waals surface area contributed by atoms with Crippen LogP contribution in [0.25, 0.3) is 4.85 Å². The maximum Gasteiger partial charge on any atom is 0.407 e. The number of hydrogen-bond donors (Lipinski definition) is 1. The van der Waals surface area contributed by atoms with E-state index >= 15 is 0 Å². The molecule has 0 aromatic heterocycles. The Kier molecular flexibility index (Phi) is 5.34. The highest BCUT2D eigenvalue weighted by Crippen LogP contribution is 2.40. The van der Waals surface area contributed by atoms with Crippen molar-refractivity contribution >= 4 is 23.2 Å². The zero-order valence-corrected chi connectivity index (χ0v) is 15.4. The predicted molar refractivity (Wildman–Crippen MR) is 99.2 cm³/mol. The van der Waals surface area contributed by atoms with Crippen molar-refractivity contribution in [3.63, 3.8) is 0 Å². The minimum Gasteiger partial charge on any atom is -0.379 e. The Balaban J connectivity index is 1.85. The smallest absolute Gasteiger partial charge is 0.379 e. The molecule has 1 fully saturated rings. The van der Waals surface area contributed by atoms with Gasteiger partial charge in [0, 0.05) is 5.69 Å². The quantitative estimate of drug-likeness (QED) is 0.611. The third-order valence-electron chi connectivity index (χ3n) is 4.87. The molecule has 6 nitrogen and oxygen atoms in total. The Labute approximate surface area is 169 Å². The van der Waals surface area contributed by atoms with Crippen LogP contribution < -0.4 is 4.90 Å². The fraction of sp³-hybridized carbons (Fsp3) is 0.238. The highest BCUT2D eigenvalue weighted by atomic mass is 19.4. The summed E-state index contributed by atoms with van der Waals surface area (Å²) in [5.41, 5.74) is -3.15. The lowest BCUT2D eigenvalue weighted by molar-refractivity contribution is -0.137. The topological polar surface area (TPSA) is 85.8 Å². The van der Waals surface area contributed by atoms with Crippen LogP contribution in [0.1, 0.15) is 29.5 Å². The number of hydrogen-bond acceptors (Lipinski definition) is 4. The number of nitriles is 1. The molecule has 152 valence electrons. The van der Waals surface area contributed by atoms with Crippen molar-refractivity contribution in [1.82, 2.24) is 0 Å². The number of anilines is 1. The Hall–Kier alpha value is -3.69. The highest BCUT2D eigenvalue weighted by molar-refractivity contribution is 6.23. The molecule has 2 aromatic rings. The number of nitrogens with zero attached hydrogens (tertiary/aromatic N) is 3. The van der Waals surface area contributed by atoms with E-state index in [9.17, 15) is 27.9 Å². The summed E-state index contributed by atoms with van der Waals surface area (Å²) in [5, 5.41) is 19.5. The standard InChI is InChI=1S/C21H14F3N3O3/c1-26-17-7-6-15(10-16(17)21(22,23)24)27-18(28)11-20(30,19(27)29)9-8-13-2-4-14(12-25)5-3-13/h2-7,10,30H,8-9,11H2. The summed E-state index contributed by atoms with van der Waals surface area (Å²) in [6, 6.07) is 10.9. The molecule has 1 aliphatic rings. The second-order valence-electron chi connectivity index (χ2n) is 6.86. The summed E-state index contributed by atoms with van der Waals surface area (Å²) in [5.74, 6) is -1.84. The molecule has 1 saturated heterocycles. The number of carbonyl (C=O) groups excluding carboxylic acids is 2. The summed E-state index contributed by atoms with van der Waals surface area (Å²) in [4.78, 5) is 28.5. The number of imide groups is 1. The van der Waals surface area contributed by atoms with E-state index in [0.717, 1.165) is 17.7 Å². The number of aliphatic hydroxyl groups is 1. The van der Waals surface area contributed by atoms with Crippen molar-refractivity contribution in [3.05, 3.63) is 70.6 Å². The van der Waals surface area contributed by atoms with Gasteiger partial charge in [-0.25, -0.2) is 9.74 Å². The van der Waals surface area contributed by atoms with E-state index in [4.69, 9.17) is 11.8 Å². The molecular formula is C21H14F3N3O3. The van der Waals surface area contributed by atoms with Crippen molar-refractivity contribution < 1.29 is 27.9 Å². The first-order valence-corrected chi connectivity index (χ1v) is 8.76. The van der Waals surface area contributed by atoms with E-state index in [1.165, 1.54) is 0 Å². The molecule has 2 amide bonds. The highest BCUT2D eigenvalue weighted by Gasteiger charge is 2.51. The molecule has 30 heavy (non-hydrogen) atoms. The fourth-order valence-corrected chi connectivity index (χ4v) is 3.27. The first-order chi connectivity index (χ1) is 14.1. The first kappa shape index (κ1) is 21.0. The number of carbonyl (C=O) groups is 2. The Morgan fingerprint density at radius 1 is 1.20 bits per heavy atom. The largest absolute Gasteiger partial charge is 0.407 e. The van der Waals surface area contributed by atoms with Crippen LogP contribution >= 0.6 is 0 Å². The van der Waals surface area contributed by atoms with E-state index in [1.54, 1.807) is 24.3 Å². The van der Waals surface area contributed by atoms with Gasteiger partial charge in [-0.15, -0.1) is 0 Å². The third-order valence-corrected chi connectivity index (χ3v) is 4.87. The van der Waals surface area contributed by atoms with Gasteiger partial charge in [0.2, 0.25) is 5.91 Å². The predicted octanol–water partition coefficient (Wildman–Crippen LogP) is 3.76. The molecule has 3 rings (SSSR count). The molecule has 1 heterocycles. The maximum atomic E-state index is 13.2. The lowest BCUT2D eigenvalue weighted by atomic mass is 9.93. The van der Waals surface area contributed by atoms with Gasteiger partial charge in [-0.05, 0) is 42.7 Å². The van der Waals surface area contributed by atoms with Gasteiger partial charge in [-0.2, -0.15) is 18.4 Å². The number of amides is 2. The minimum atomic E-state index is -4.84. The molecule has 2 aromatic carbocycles. The van der Waals surface area contributed by atoms with Gasteiger partial charge in [0.15, 0.2) is 11.3 Å². The Morgan fingerprint density at radius 3 is 2.43 bits per heavy atom. The first-order valence-electron chi connectivity index (χ1n) is 8.76. The zero-order valence-electron chi connectivity index (χ0n) is 15.4. The fourth-order valence-electron chi connectivity index (χ4n) is 3.27. The van der Waals surface area contributed by atoms with Gasteiger partial charge in [0.05, 0.1) is 30.2 Å². The van der Waals surface area contributed by atoms with Crippen molar-refractivity contribution in [2.45, 2.75) is 31.0 Å². The van der Waals surface area contributed by atoms with Crippen LogP contribution in [0.15, 0.2) is 42.5 Å². The lowest BCUT2D eigenvalue weighted by Gasteiger charge is -2.22. The van der Waals surface area contributed by atoms with E-state index in [2.05, 4.69) is 4.85 Å². The maximum absolute atomic E-state index is 13.2. The number of benzene rings is 2. The van der Waals surface area contributed by atoms with E-state index in [-0.39, 0.29) is 18.5 Å². The SMILES string of the molecule is [C-]#[N+]c1ccc(N2C(=O)CC(O)(CCc3ccc(C#N)cc3)C2=O)cc1C(F)(F)F. The van der Waals surface area contributed by atoms with Crippen LogP contribution in [-0.4, -0.2) is 22.5 Å². The summed E-state index contributed by atoms with van der Waals surface area (Å²) in [7, 11) is 0. The van der Waals surface area contributed by atoms with Crippen LogP contribution in [0.3, 0.4) is 0 Å². The average molecular weight is 413 g/mol. The lowest BCUT2D eigenvalue weighted by Crippen LogP contribution is -2.41. The van der Waals surface area contributed by atoms with Crippen molar-refractivity contribution in [1.29, 1.82) is 5.26 Å². The number of alkyl halides is 3. The summed E-state index contributed by atoms with van der Waals surface area (Å²) in [6.45, 7) is 6.87. The van der Waals surface area contributed by atoms with E-state index < -0.39 is 41.3 Å². The van der Waals surface area contributed by atoms with Crippen LogP contribution in [0.5, 0.6) is 0 Å². The summed E-state index contributed by atoms with van der Waals surface area (Å²) in [6.07, 6.45) is -5.30. The minimum absolute atomic E-state index is 0.119. The number of halogens is 3. The second kappa shape index (κ2) is 7.62. The molecule has 1 aliphatic heterocycles. The van der Waals surface area contributed by atoms with Crippen LogP contribution in [0.4, 0.5) is 24.5 Å². The molecule has 0 saturated carbocycles. The summed E-state index contributed by atoms with van der Waals surface area (Å²) >= 11 is 0. The number of aryl methyl sites for hydroxylation is 1. The molecule has 0 radical (unpaired) electrons. The van der Waals surface area contributed by atoms with Crippen LogP contribution in [0, 0.1) is 17.9 Å². The van der Waals surface area contributed by atoms with Gasteiger partial charge in [-0.3, -0.25) is 9.59 Å². The molecule has 0 spiro atoms. The van der Waals surface area contributed by atoms with Gasteiger partial charge in [0.1, 0.15) is 0 Å². The number of rotatable bonds is 4. The Bertz CT molecular complexity index is 1100. The van der Waals surface area contributed by atoms with E-state index in [0.29, 0.717) is 16.5 Å². The molecule has 0 aliphatic carbocycles. The Morgan fingerprint density at radius 2 is 1.87 bits per heavy atom. The second-order valence-corrected chi connectivity index (χ2v) is 6.86. The molecule has 1 N–H and O–H groups in total. The molecule has 0 bridgehead atoms. The van der Waals surface area contributed by atoms with Crippen LogP contribution in [0.2, 0.25) is 0 Å². The molecule has 9 heteroatoms. The van der Waals surface area contributed by atoms with Crippen LogP contribution in [-0.2, 0) is 22.2 Å². The average Bonchev–Trinajstić information content (AvgIpc) is 2.94. The van der Waals surface area contributed by atoms with Crippen molar-refractivity contribution in [2.75, 3.05) is 4.90 Å². The molecular weight excluding hydrogens is 399 g/mol. The third kappa shape index (κ3) is 3.88. The van der Waals surface area contributed by atoms with Crippen molar-refractivity contribution in [2.24, 2.45) is 0 Å². The van der Waals surface area contributed by atoms with Gasteiger partial charge < -0.3 is 5.11 Å². The van der Waals surface area contributed by atoms with Gasteiger partial charge in [0.25, 0.3) is 5.91 Å². The van der Waals surface area contributed by atoms with E-state index in [1.807, 2.05) is 6.07 Å². The normalized spacial score (nSPS) is 18.9. The molecule has 1 atom stereocenters. The molecule has 1 unspecified atom stereocenters.